The van der Waals surface area contributed by atoms with Crippen LogP contribution in [0.2, 0.25) is 0 Å². The molecule has 0 bridgehead atoms. The van der Waals surface area contributed by atoms with Crippen LogP contribution < -0.4 is 0 Å². The molecule has 280 valence electrons. The molecule has 2 aromatic rings. The maximum absolute atomic E-state index is 14.2. The number of ketones is 1. The van der Waals surface area contributed by atoms with Gasteiger partial charge in [0.05, 0.1) is 43.2 Å². The van der Waals surface area contributed by atoms with Gasteiger partial charge in [0, 0.05) is 23.7 Å². The van der Waals surface area contributed by atoms with Gasteiger partial charge in [0.2, 0.25) is 0 Å². The number of hydrogen-bond acceptors (Lipinski definition) is 9. The maximum atomic E-state index is 14.2. The molecule has 0 aliphatic carbocycles. The minimum Gasteiger partial charge on any atom is -0.392 e. The lowest BCUT2D eigenvalue weighted by molar-refractivity contribution is -0.250. The first-order chi connectivity index (χ1) is 23.6. The van der Waals surface area contributed by atoms with E-state index in [4.69, 9.17) is 28.4 Å². The van der Waals surface area contributed by atoms with Crippen molar-refractivity contribution in [1.29, 1.82) is 0 Å². The molecule has 1 fully saturated rings. The average molecular weight is 699 g/mol. The van der Waals surface area contributed by atoms with Crippen LogP contribution in [0, 0.1) is 23.7 Å². The molecule has 0 radical (unpaired) electrons. The Bertz CT molecular complexity index is 1300. The summed E-state index contributed by atoms with van der Waals surface area (Å²) in [7, 11) is 0. The third-order valence-electron chi connectivity index (χ3n) is 10.2. The van der Waals surface area contributed by atoms with Crippen LogP contribution in [0.3, 0.4) is 0 Å². The smallest absolute Gasteiger partial charge is 0.164 e. The Morgan fingerprint density at radius 2 is 1.48 bits per heavy atom. The monoisotopic (exact) mass is 698 g/mol. The first-order valence-corrected chi connectivity index (χ1v) is 18.0. The van der Waals surface area contributed by atoms with E-state index in [9.17, 15) is 15.0 Å². The van der Waals surface area contributed by atoms with E-state index in [0.717, 1.165) is 11.1 Å². The van der Waals surface area contributed by atoms with Crippen molar-refractivity contribution in [3.63, 3.8) is 0 Å². The minimum absolute atomic E-state index is 0.0238. The number of carbonyl (C=O) groups excluding carboxylic acids is 1. The lowest BCUT2D eigenvalue weighted by Gasteiger charge is -2.43. The number of hydrogen-bond donors (Lipinski definition) is 2. The third kappa shape index (κ3) is 11.0. The second kappa shape index (κ2) is 18.9. The molecule has 0 spiro atoms. The molecule has 0 saturated carbocycles. The van der Waals surface area contributed by atoms with Crippen LogP contribution >= 0.6 is 0 Å². The van der Waals surface area contributed by atoms with Gasteiger partial charge in [-0.2, -0.15) is 0 Å². The summed E-state index contributed by atoms with van der Waals surface area (Å²) in [6, 6.07) is 19.5. The number of aliphatic hydroxyl groups is 2. The molecule has 0 unspecified atom stereocenters. The highest BCUT2D eigenvalue weighted by Gasteiger charge is 2.55. The molecule has 1 aliphatic heterocycles. The van der Waals surface area contributed by atoms with E-state index in [1.807, 2.05) is 109 Å². The van der Waals surface area contributed by atoms with Crippen LogP contribution in [0.25, 0.3) is 0 Å². The van der Waals surface area contributed by atoms with Crippen molar-refractivity contribution in [3.8, 4) is 0 Å². The zero-order valence-corrected chi connectivity index (χ0v) is 31.7. The molecule has 50 heavy (non-hydrogen) atoms. The molecule has 9 heteroatoms. The van der Waals surface area contributed by atoms with Crippen molar-refractivity contribution in [2.24, 2.45) is 23.7 Å². The lowest BCUT2D eigenvalue weighted by Crippen LogP contribution is -2.57. The summed E-state index contributed by atoms with van der Waals surface area (Å²) >= 11 is 0. The molecule has 9 nitrogen and oxygen atoms in total. The lowest BCUT2D eigenvalue weighted by atomic mass is 9.74. The van der Waals surface area contributed by atoms with E-state index in [1.165, 1.54) is 0 Å². The Balaban J connectivity index is 1.76. The summed E-state index contributed by atoms with van der Waals surface area (Å²) in [6.45, 7) is 21.2. The van der Waals surface area contributed by atoms with Gasteiger partial charge in [0.25, 0.3) is 0 Å². The van der Waals surface area contributed by atoms with Gasteiger partial charge in [-0.25, -0.2) is 0 Å². The zero-order valence-electron chi connectivity index (χ0n) is 31.7. The summed E-state index contributed by atoms with van der Waals surface area (Å²) in [5, 5.41) is 23.1. The molecule has 1 heterocycles. The number of ether oxygens (including phenoxy) is 6. The third-order valence-corrected chi connectivity index (χ3v) is 10.2. The predicted molar refractivity (Wildman–Crippen MR) is 194 cm³/mol. The van der Waals surface area contributed by atoms with Gasteiger partial charge in [-0.15, -0.1) is 6.58 Å². The van der Waals surface area contributed by atoms with E-state index in [-0.39, 0.29) is 31.2 Å². The Labute approximate surface area is 300 Å². The molecule has 0 aromatic heterocycles. The highest BCUT2D eigenvalue weighted by atomic mass is 16.8. The molecule has 2 aromatic carbocycles. The topological polar surface area (TPSA) is 113 Å². The second-order valence-electron chi connectivity index (χ2n) is 14.8. The van der Waals surface area contributed by atoms with Crippen molar-refractivity contribution in [3.05, 3.63) is 84.4 Å². The van der Waals surface area contributed by atoms with Gasteiger partial charge in [-0.3, -0.25) is 4.79 Å². The van der Waals surface area contributed by atoms with Crippen LogP contribution in [0.1, 0.15) is 86.3 Å². The second-order valence-corrected chi connectivity index (χ2v) is 14.8. The van der Waals surface area contributed by atoms with Gasteiger partial charge in [-0.1, -0.05) is 101 Å². The molecule has 1 saturated heterocycles. The predicted octanol–water partition coefficient (Wildman–Crippen LogP) is 7.23. The summed E-state index contributed by atoms with van der Waals surface area (Å²) < 4.78 is 37.0. The SMILES string of the molecule is C=C[C@H](C)[C@@H](O)[C@H](C)[C@H]1OC(C)(C)O[C@]1(C)C[C@@H](C)C(=O)[C@@H](C)[C@H](O)[C@](C)(OCOCc1ccccc1)[C@@H](CC)OCOCc1ccccc1. The molecule has 3 rings (SSSR count). The number of carbonyl (C=O) groups is 1. The molecular formula is C41H62O9. The zero-order chi connectivity index (χ0) is 37.1. The van der Waals surface area contributed by atoms with Gasteiger partial charge < -0.3 is 38.6 Å². The van der Waals surface area contributed by atoms with Crippen molar-refractivity contribution in [1.82, 2.24) is 0 Å². The first-order valence-electron chi connectivity index (χ1n) is 18.0. The largest absolute Gasteiger partial charge is 0.392 e. The highest BCUT2D eigenvalue weighted by Crippen LogP contribution is 2.45. The van der Waals surface area contributed by atoms with Crippen LogP contribution in [0.15, 0.2) is 73.3 Å². The quantitative estimate of drug-likeness (QED) is 0.0748. The highest BCUT2D eigenvalue weighted by molar-refractivity contribution is 5.83. The number of aliphatic hydroxyl groups excluding tert-OH is 2. The Morgan fingerprint density at radius 3 is 2.00 bits per heavy atom. The van der Waals surface area contributed by atoms with Crippen LogP contribution in [-0.2, 0) is 46.4 Å². The van der Waals surface area contributed by atoms with E-state index < -0.39 is 53.2 Å². The summed E-state index contributed by atoms with van der Waals surface area (Å²) in [6.07, 6.45) is -0.506. The van der Waals surface area contributed by atoms with Crippen LogP contribution in [-0.4, -0.2) is 71.0 Å². The average Bonchev–Trinajstić information content (AvgIpc) is 3.36. The molecule has 1 aliphatic rings. The minimum atomic E-state index is -1.32. The van der Waals surface area contributed by atoms with E-state index in [2.05, 4.69) is 6.58 Å². The van der Waals surface area contributed by atoms with E-state index in [0.29, 0.717) is 26.1 Å². The Morgan fingerprint density at radius 1 is 0.940 bits per heavy atom. The standard InChI is InChI=1S/C41H62O9/c1-11-28(3)35(42)31(6)38-40(9,50-39(7,8)49-38)23-29(4)36(43)30(5)37(44)41(10,48-27-46-25-33-21-17-14-18-22-33)34(12-2)47-26-45-24-32-19-15-13-16-20-32/h11,13-22,28-31,34-35,37-38,42,44H,1,12,23-27H2,2-10H3/t28-,29+,30+,31-,34+,35+,37-,38+,40+,41+/m0/s1. The van der Waals surface area contributed by atoms with Gasteiger partial charge in [0.1, 0.15) is 25.0 Å². The number of Topliss-reactive ketones (excluding diaryl/α,β-unsaturated/α-hetero) is 1. The number of rotatable bonds is 22. The van der Waals surface area contributed by atoms with Crippen LogP contribution in [0.4, 0.5) is 0 Å². The summed E-state index contributed by atoms with van der Waals surface area (Å²) in [5.41, 5.74) is -0.194. The van der Waals surface area contributed by atoms with E-state index in [1.54, 1.807) is 19.9 Å². The molecule has 0 amide bonds. The van der Waals surface area contributed by atoms with E-state index >= 15 is 0 Å². The summed E-state index contributed by atoms with van der Waals surface area (Å²) in [5.74, 6) is -2.83. The van der Waals surface area contributed by atoms with Gasteiger partial charge in [0.15, 0.2) is 5.79 Å². The molecule has 10 atom stereocenters. The Hall–Kier alpha value is -2.47. The first kappa shape index (κ1) is 41.9. The van der Waals surface area contributed by atoms with Gasteiger partial charge >= 0.3 is 0 Å². The van der Waals surface area contributed by atoms with Gasteiger partial charge in [-0.05, 0) is 51.7 Å². The van der Waals surface area contributed by atoms with Crippen LogP contribution in [0.5, 0.6) is 0 Å². The van der Waals surface area contributed by atoms with Crippen molar-refractivity contribution < 1.29 is 43.4 Å². The fourth-order valence-electron chi connectivity index (χ4n) is 7.33. The van der Waals surface area contributed by atoms with Crippen molar-refractivity contribution >= 4 is 5.78 Å². The molecular weight excluding hydrogens is 636 g/mol. The normalized spacial score (nSPS) is 24.3. The van der Waals surface area contributed by atoms with Crippen molar-refractivity contribution in [2.75, 3.05) is 13.6 Å². The maximum Gasteiger partial charge on any atom is 0.164 e. The Kier molecular flexibility index (Phi) is 15.8. The fourth-order valence-corrected chi connectivity index (χ4v) is 7.33. The summed E-state index contributed by atoms with van der Waals surface area (Å²) in [4.78, 5) is 14.2. The fraction of sp³-hybridized carbons (Fsp3) is 0.634. The number of benzene rings is 2. The van der Waals surface area contributed by atoms with Crippen molar-refractivity contribution in [2.45, 2.75) is 130 Å². The molecule has 2 N–H and O–H groups in total.